The van der Waals surface area contributed by atoms with Crippen LogP contribution in [0.15, 0.2) is 30.3 Å². The summed E-state index contributed by atoms with van der Waals surface area (Å²) in [6.07, 6.45) is 2.87. The maximum absolute atomic E-state index is 11.9. The highest BCUT2D eigenvalue weighted by molar-refractivity contribution is 5.92. The van der Waals surface area contributed by atoms with Crippen LogP contribution in [0.3, 0.4) is 0 Å². The van der Waals surface area contributed by atoms with E-state index in [1.807, 2.05) is 30.3 Å². The lowest BCUT2D eigenvalue weighted by molar-refractivity contribution is -0.127. The predicted octanol–water partition coefficient (Wildman–Crippen LogP) is 1.22. The van der Waals surface area contributed by atoms with Crippen molar-refractivity contribution in [1.82, 2.24) is 10.6 Å². The molecule has 0 bridgehead atoms. The van der Waals surface area contributed by atoms with E-state index in [0.29, 0.717) is 19.0 Å². The molecule has 2 fully saturated rings. The summed E-state index contributed by atoms with van der Waals surface area (Å²) in [4.78, 5) is 23.7. The van der Waals surface area contributed by atoms with Crippen molar-refractivity contribution in [2.45, 2.75) is 31.8 Å². The molecule has 2 unspecified atom stereocenters. The highest BCUT2D eigenvalue weighted by atomic mass is 16.2. The highest BCUT2D eigenvalue weighted by Crippen LogP contribution is 2.39. The van der Waals surface area contributed by atoms with Gasteiger partial charge in [-0.1, -0.05) is 30.3 Å². The first-order valence-electron chi connectivity index (χ1n) is 6.86. The molecule has 1 aromatic carbocycles. The van der Waals surface area contributed by atoms with Gasteiger partial charge < -0.3 is 10.6 Å². The fourth-order valence-electron chi connectivity index (χ4n) is 2.23. The molecule has 2 N–H and O–H groups in total. The van der Waals surface area contributed by atoms with E-state index in [4.69, 9.17) is 0 Å². The van der Waals surface area contributed by atoms with Crippen LogP contribution in [0.1, 0.15) is 24.8 Å². The van der Waals surface area contributed by atoms with E-state index in [1.54, 1.807) is 0 Å². The molecular formula is C15H18N2O2. The third-order valence-corrected chi connectivity index (χ3v) is 3.70. The summed E-state index contributed by atoms with van der Waals surface area (Å²) in [6.45, 7) is 0.535. The number of carbonyl (C=O) groups is 2. The van der Waals surface area contributed by atoms with Crippen LogP contribution in [0.25, 0.3) is 0 Å². The quantitative estimate of drug-likeness (QED) is 0.834. The summed E-state index contributed by atoms with van der Waals surface area (Å²) in [5.74, 6) is -0.166. The van der Waals surface area contributed by atoms with Crippen molar-refractivity contribution in [1.29, 1.82) is 0 Å². The zero-order valence-corrected chi connectivity index (χ0v) is 10.8. The minimum Gasteiger partial charge on any atom is -0.353 e. The lowest BCUT2D eigenvalue weighted by Crippen LogP contribution is -2.31. The van der Waals surface area contributed by atoms with Gasteiger partial charge in [-0.05, 0) is 24.8 Å². The Morgan fingerprint density at radius 2 is 1.74 bits per heavy atom. The molecule has 2 saturated carbocycles. The molecule has 4 heteroatoms. The number of benzene rings is 1. The second-order valence-corrected chi connectivity index (χ2v) is 5.43. The second kappa shape index (κ2) is 5.03. The van der Waals surface area contributed by atoms with Gasteiger partial charge in [-0.3, -0.25) is 9.59 Å². The Bertz CT molecular complexity index is 482. The van der Waals surface area contributed by atoms with Gasteiger partial charge in [0, 0.05) is 12.6 Å². The average molecular weight is 258 g/mol. The van der Waals surface area contributed by atoms with Crippen LogP contribution in [0, 0.1) is 11.8 Å². The zero-order valence-electron chi connectivity index (χ0n) is 10.8. The molecule has 0 saturated heterocycles. The van der Waals surface area contributed by atoms with Gasteiger partial charge in [0.25, 0.3) is 0 Å². The van der Waals surface area contributed by atoms with Crippen molar-refractivity contribution in [2.24, 2.45) is 11.8 Å². The Hall–Kier alpha value is -1.84. The monoisotopic (exact) mass is 258 g/mol. The van der Waals surface area contributed by atoms with E-state index in [-0.39, 0.29) is 23.7 Å². The van der Waals surface area contributed by atoms with E-state index in [2.05, 4.69) is 10.6 Å². The van der Waals surface area contributed by atoms with Gasteiger partial charge in [0.15, 0.2) is 0 Å². The van der Waals surface area contributed by atoms with E-state index in [1.165, 1.54) is 0 Å². The van der Waals surface area contributed by atoms with Crippen LogP contribution in [-0.2, 0) is 16.1 Å². The van der Waals surface area contributed by atoms with Crippen LogP contribution < -0.4 is 10.6 Å². The molecule has 2 aliphatic rings. The van der Waals surface area contributed by atoms with Gasteiger partial charge in [0.05, 0.1) is 11.8 Å². The molecule has 0 aromatic heterocycles. The molecular weight excluding hydrogens is 240 g/mol. The third-order valence-electron chi connectivity index (χ3n) is 3.70. The summed E-state index contributed by atoms with van der Waals surface area (Å²) in [5, 5.41) is 5.85. The van der Waals surface area contributed by atoms with Crippen molar-refractivity contribution in [3.05, 3.63) is 35.9 Å². The Morgan fingerprint density at radius 3 is 2.42 bits per heavy atom. The molecule has 0 spiro atoms. The van der Waals surface area contributed by atoms with Crippen molar-refractivity contribution in [3.8, 4) is 0 Å². The van der Waals surface area contributed by atoms with Crippen molar-refractivity contribution in [2.75, 3.05) is 0 Å². The summed E-state index contributed by atoms with van der Waals surface area (Å²) >= 11 is 0. The van der Waals surface area contributed by atoms with Crippen LogP contribution in [0.4, 0.5) is 0 Å². The lowest BCUT2D eigenvalue weighted by Gasteiger charge is -2.05. The van der Waals surface area contributed by atoms with Crippen molar-refractivity contribution >= 4 is 11.8 Å². The number of amides is 2. The van der Waals surface area contributed by atoms with Crippen LogP contribution in [0.5, 0.6) is 0 Å². The smallest absolute Gasteiger partial charge is 0.224 e. The van der Waals surface area contributed by atoms with E-state index in [0.717, 1.165) is 18.4 Å². The molecule has 0 heterocycles. The van der Waals surface area contributed by atoms with Gasteiger partial charge in [0.2, 0.25) is 11.8 Å². The number of nitrogens with one attached hydrogen (secondary N) is 2. The minimum atomic E-state index is -0.123. The molecule has 3 rings (SSSR count). The highest BCUT2D eigenvalue weighted by Gasteiger charge is 2.48. The fourth-order valence-corrected chi connectivity index (χ4v) is 2.23. The molecule has 1 aromatic rings. The number of rotatable bonds is 5. The largest absolute Gasteiger partial charge is 0.353 e. The molecule has 4 nitrogen and oxygen atoms in total. The third kappa shape index (κ3) is 3.13. The van der Waals surface area contributed by atoms with Crippen LogP contribution >= 0.6 is 0 Å². The summed E-state index contributed by atoms with van der Waals surface area (Å²) in [5.41, 5.74) is 1.08. The van der Waals surface area contributed by atoms with Gasteiger partial charge >= 0.3 is 0 Å². The lowest BCUT2D eigenvalue weighted by atomic mass is 10.2. The molecule has 0 radical (unpaired) electrons. The molecule has 19 heavy (non-hydrogen) atoms. The number of hydrogen-bond acceptors (Lipinski definition) is 2. The van der Waals surface area contributed by atoms with Crippen molar-refractivity contribution < 1.29 is 9.59 Å². The molecule has 2 atom stereocenters. The van der Waals surface area contributed by atoms with Gasteiger partial charge in [-0.15, -0.1) is 0 Å². The molecule has 100 valence electrons. The predicted molar refractivity (Wildman–Crippen MR) is 71.1 cm³/mol. The Kier molecular flexibility index (Phi) is 3.23. The molecule has 0 aliphatic heterocycles. The molecule has 2 amide bonds. The van der Waals surface area contributed by atoms with Crippen LogP contribution in [-0.4, -0.2) is 17.9 Å². The van der Waals surface area contributed by atoms with Gasteiger partial charge in [-0.2, -0.15) is 0 Å². The van der Waals surface area contributed by atoms with Gasteiger partial charge in [-0.25, -0.2) is 0 Å². The van der Waals surface area contributed by atoms with E-state index < -0.39 is 0 Å². The maximum Gasteiger partial charge on any atom is 0.224 e. The van der Waals surface area contributed by atoms with Crippen molar-refractivity contribution in [3.63, 3.8) is 0 Å². The Morgan fingerprint density at radius 1 is 1.05 bits per heavy atom. The van der Waals surface area contributed by atoms with Gasteiger partial charge in [0.1, 0.15) is 0 Å². The standard InChI is InChI=1S/C15H18N2O2/c18-14(16-9-10-4-2-1-3-5-10)12-8-13(12)15(19)17-11-6-7-11/h1-5,11-13H,6-9H2,(H,16,18)(H,17,19). The van der Waals surface area contributed by atoms with E-state index in [9.17, 15) is 9.59 Å². The SMILES string of the molecule is O=C(NCc1ccccc1)C1CC1C(=O)NC1CC1. The summed E-state index contributed by atoms with van der Waals surface area (Å²) < 4.78 is 0. The minimum absolute atomic E-state index is 0.000185. The first-order chi connectivity index (χ1) is 9.24. The first-order valence-corrected chi connectivity index (χ1v) is 6.86. The summed E-state index contributed by atoms with van der Waals surface area (Å²) in [6, 6.07) is 10.2. The van der Waals surface area contributed by atoms with Crippen LogP contribution in [0.2, 0.25) is 0 Å². The normalized spacial score (nSPS) is 24.6. The van der Waals surface area contributed by atoms with E-state index >= 15 is 0 Å². The Balaban J connectivity index is 1.43. The number of carbonyl (C=O) groups excluding carboxylic acids is 2. The Labute approximate surface area is 112 Å². The number of hydrogen-bond donors (Lipinski definition) is 2. The fraction of sp³-hybridized carbons (Fsp3) is 0.467. The second-order valence-electron chi connectivity index (χ2n) is 5.43. The summed E-state index contributed by atoms with van der Waals surface area (Å²) in [7, 11) is 0. The maximum atomic E-state index is 11.9. The average Bonchev–Trinajstić information content (AvgIpc) is 3.29. The topological polar surface area (TPSA) is 58.2 Å². The molecule has 2 aliphatic carbocycles. The first kappa shape index (κ1) is 12.2. The zero-order chi connectivity index (χ0) is 13.2.